The molecule has 84 valence electrons. The van der Waals surface area contributed by atoms with Crippen LogP contribution in [0.2, 0.25) is 0 Å². The number of halogens is 1. The highest BCUT2D eigenvalue weighted by molar-refractivity contribution is 6.42. The van der Waals surface area contributed by atoms with Gasteiger partial charge in [0.15, 0.2) is 5.03 Å². The summed E-state index contributed by atoms with van der Waals surface area (Å²) < 4.78 is 15.2. The highest BCUT2D eigenvalue weighted by Crippen LogP contribution is 2.29. The van der Waals surface area contributed by atoms with Crippen molar-refractivity contribution in [2.75, 3.05) is 33.4 Å². The van der Waals surface area contributed by atoms with Gasteiger partial charge in [-0.2, -0.15) is 0 Å². The maximum absolute atomic E-state index is 11.2. The Morgan fingerprint density at radius 3 is 2.73 bits per heavy atom. The zero-order valence-electron chi connectivity index (χ0n) is 8.36. The quantitative estimate of drug-likeness (QED) is 0.642. The predicted octanol–water partition coefficient (Wildman–Crippen LogP) is 0.298. The van der Waals surface area contributed by atoms with E-state index >= 15 is 0 Å². The first-order valence-electron chi connectivity index (χ1n) is 4.70. The molecule has 0 N–H and O–H groups in total. The second kappa shape index (κ2) is 4.38. The average molecular weight is 234 g/mol. The van der Waals surface area contributed by atoms with Crippen molar-refractivity contribution in [3.8, 4) is 0 Å². The first-order valence-corrected chi connectivity index (χ1v) is 5.08. The lowest BCUT2D eigenvalue weighted by Crippen LogP contribution is -2.39. The highest BCUT2D eigenvalue weighted by Gasteiger charge is 2.37. The van der Waals surface area contributed by atoms with Crippen molar-refractivity contribution in [3.05, 3.63) is 10.7 Å². The lowest BCUT2D eigenvalue weighted by molar-refractivity contribution is -0.157. The fraction of sp³-hybridized carbons (Fsp3) is 0.667. The van der Waals surface area contributed by atoms with Crippen LogP contribution in [0.25, 0.3) is 0 Å². The molecule has 2 rings (SSSR count). The molecular formula is C9H12ClNO4. The second-order valence-electron chi connectivity index (χ2n) is 3.27. The molecular weight excluding hydrogens is 222 g/mol. The predicted molar refractivity (Wildman–Crippen MR) is 52.2 cm³/mol. The van der Waals surface area contributed by atoms with Gasteiger partial charge in [-0.3, -0.25) is 0 Å². The number of morpholine rings is 1. The van der Waals surface area contributed by atoms with Crippen LogP contribution in [0.3, 0.4) is 0 Å². The van der Waals surface area contributed by atoms with E-state index in [4.69, 9.17) is 25.8 Å². The van der Waals surface area contributed by atoms with Crippen LogP contribution >= 0.6 is 11.6 Å². The van der Waals surface area contributed by atoms with E-state index in [-0.39, 0.29) is 5.03 Å². The third-order valence-corrected chi connectivity index (χ3v) is 2.76. The van der Waals surface area contributed by atoms with Crippen molar-refractivity contribution < 1.29 is 19.0 Å². The van der Waals surface area contributed by atoms with Crippen molar-refractivity contribution in [2.45, 2.75) is 6.29 Å². The van der Waals surface area contributed by atoms with Gasteiger partial charge in [0.2, 0.25) is 6.29 Å². The van der Waals surface area contributed by atoms with Crippen LogP contribution in [0.5, 0.6) is 0 Å². The van der Waals surface area contributed by atoms with Gasteiger partial charge < -0.3 is 19.1 Å². The molecule has 0 aromatic carbocycles. The van der Waals surface area contributed by atoms with E-state index in [9.17, 15) is 4.79 Å². The molecule has 1 atom stereocenters. The van der Waals surface area contributed by atoms with Crippen molar-refractivity contribution in [2.24, 2.45) is 0 Å². The standard InChI is InChI=1S/C9H12ClNO4/c1-13-9-7(6(10)8(12)15-9)11-2-4-14-5-3-11/h9H,2-5H2,1H3. The Morgan fingerprint density at radius 1 is 1.47 bits per heavy atom. The first kappa shape index (κ1) is 10.7. The van der Waals surface area contributed by atoms with E-state index in [1.165, 1.54) is 7.11 Å². The van der Waals surface area contributed by atoms with Crippen molar-refractivity contribution in [3.63, 3.8) is 0 Å². The molecule has 1 fully saturated rings. The summed E-state index contributed by atoms with van der Waals surface area (Å²) in [6.45, 7) is 2.64. The molecule has 6 heteroatoms. The van der Waals surface area contributed by atoms with Crippen LogP contribution in [0.1, 0.15) is 0 Å². The zero-order chi connectivity index (χ0) is 10.8. The van der Waals surface area contributed by atoms with Crippen molar-refractivity contribution in [1.29, 1.82) is 0 Å². The highest BCUT2D eigenvalue weighted by atomic mass is 35.5. The number of nitrogens with zero attached hydrogens (tertiary/aromatic N) is 1. The van der Waals surface area contributed by atoms with Gasteiger partial charge in [-0.1, -0.05) is 11.6 Å². The normalized spacial score (nSPS) is 27.2. The minimum absolute atomic E-state index is 0.115. The molecule has 1 saturated heterocycles. The summed E-state index contributed by atoms with van der Waals surface area (Å²) in [5.74, 6) is -0.523. The minimum Gasteiger partial charge on any atom is -0.425 e. The molecule has 0 saturated carbocycles. The molecule has 2 aliphatic rings. The molecule has 1 unspecified atom stereocenters. The first-order chi connectivity index (χ1) is 7.24. The molecule has 0 aromatic rings. The fourth-order valence-corrected chi connectivity index (χ4v) is 1.92. The van der Waals surface area contributed by atoms with Gasteiger partial charge >= 0.3 is 5.97 Å². The molecule has 0 amide bonds. The molecule has 2 aliphatic heterocycles. The number of carbonyl (C=O) groups excluding carboxylic acids is 1. The second-order valence-corrected chi connectivity index (χ2v) is 3.65. The number of carbonyl (C=O) groups is 1. The van der Waals surface area contributed by atoms with Gasteiger partial charge in [0, 0.05) is 20.2 Å². The molecule has 0 spiro atoms. The van der Waals surface area contributed by atoms with Crippen molar-refractivity contribution >= 4 is 17.6 Å². The Morgan fingerprint density at radius 2 is 2.13 bits per heavy atom. The number of hydrogen-bond acceptors (Lipinski definition) is 5. The van der Waals surface area contributed by atoms with Gasteiger partial charge in [-0.15, -0.1) is 0 Å². The Labute approximate surface area is 92.5 Å². The summed E-state index contributed by atoms with van der Waals surface area (Å²) in [7, 11) is 1.48. The molecule has 0 radical (unpaired) electrons. The van der Waals surface area contributed by atoms with E-state index < -0.39 is 12.3 Å². The van der Waals surface area contributed by atoms with Crippen molar-refractivity contribution in [1.82, 2.24) is 4.90 Å². The van der Waals surface area contributed by atoms with E-state index in [1.54, 1.807) is 0 Å². The summed E-state index contributed by atoms with van der Waals surface area (Å²) in [6, 6.07) is 0. The van der Waals surface area contributed by atoms with Gasteiger partial charge in [-0.05, 0) is 0 Å². The summed E-state index contributed by atoms with van der Waals surface area (Å²) in [6.07, 6.45) is -0.678. The Hall–Kier alpha value is -0.780. The van der Waals surface area contributed by atoms with Crippen LogP contribution < -0.4 is 0 Å². The van der Waals surface area contributed by atoms with E-state index in [2.05, 4.69) is 0 Å². The molecule has 2 heterocycles. The van der Waals surface area contributed by atoms with Gasteiger partial charge in [0.05, 0.1) is 13.2 Å². The summed E-state index contributed by atoms with van der Waals surface area (Å²) >= 11 is 5.88. The molecule has 0 bridgehead atoms. The number of rotatable bonds is 2. The lowest BCUT2D eigenvalue weighted by atomic mass is 10.3. The third-order valence-electron chi connectivity index (χ3n) is 2.41. The van der Waals surface area contributed by atoms with Gasteiger partial charge in [0.1, 0.15) is 5.70 Å². The summed E-state index contributed by atoms with van der Waals surface area (Å²) in [4.78, 5) is 13.2. The Bertz CT molecular complexity index is 298. The fourth-order valence-electron chi connectivity index (χ4n) is 1.66. The summed E-state index contributed by atoms with van der Waals surface area (Å²) in [5, 5.41) is 0.115. The topological polar surface area (TPSA) is 48.0 Å². The Balaban J connectivity index is 2.19. The molecule has 0 aliphatic carbocycles. The van der Waals surface area contributed by atoms with Crippen LogP contribution in [0.15, 0.2) is 10.7 Å². The maximum atomic E-state index is 11.2. The molecule has 15 heavy (non-hydrogen) atoms. The molecule has 0 aromatic heterocycles. The Kier molecular flexibility index (Phi) is 3.14. The van der Waals surface area contributed by atoms with E-state index in [1.807, 2.05) is 4.90 Å². The maximum Gasteiger partial charge on any atom is 0.354 e. The third kappa shape index (κ3) is 1.95. The van der Waals surface area contributed by atoms with E-state index in [0.717, 1.165) is 0 Å². The monoisotopic (exact) mass is 233 g/mol. The van der Waals surface area contributed by atoms with Crippen LogP contribution in [0, 0.1) is 0 Å². The number of methoxy groups -OCH3 is 1. The van der Waals surface area contributed by atoms with E-state index in [0.29, 0.717) is 32.0 Å². The number of esters is 1. The average Bonchev–Trinajstić information content (AvgIpc) is 2.56. The largest absolute Gasteiger partial charge is 0.425 e. The number of cyclic esters (lactones) is 1. The number of ether oxygens (including phenoxy) is 3. The lowest BCUT2D eigenvalue weighted by Gasteiger charge is -2.31. The van der Waals surface area contributed by atoms with Crippen LogP contribution in [-0.4, -0.2) is 50.6 Å². The van der Waals surface area contributed by atoms with Crippen LogP contribution in [-0.2, 0) is 19.0 Å². The number of hydrogen-bond donors (Lipinski definition) is 0. The summed E-state index contributed by atoms with van der Waals surface area (Å²) in [5.41, 5.74) is 0.618. The SMILES string of the molecule is COC1OC(=O)C(Cl)=C1N1CCOCC1. The zero-order valence-corrected chi connectivity index (χ0v) is 9.12. The molecule has 5 nitrogen and oxygen atoms in total. The van der Waals surface area contributed by atoms with Gasteiger partial charge in [0.25, 0.3) is 0 Å². The minimum atomic E-state index is -0.678. The smallest absolute Gasteiger partial charge is 0.354 e. The van der Waals surface area contributed by atoms with Gasteiger partial charge in [-0.25, -0.2) is 4.79 Å². The van der Waals surface area contributed by atoms with Crippen LogP contribution in [0.4, 0.5) is 0 Å².